The molecule has 0 saturated carbocycles. The molecule has 0 radical (unpaired) electrons. The molecule has 120 valence electrons. The lowest BCUT2D eigenvalue weighted by molar-refractivity contribution is 0.0683. The maximum absolute atomic E-state index is 11.4. The Kier molecular flexibility index (Phi) is 3.78. The zero-order valence-electron chi connectivity index (χ0n) is 12.5. The highest BCUT2D eigenvalue weighted by Crippen LogP contribution is 2.27. The van der Waals surface area contributed by atoms with E-state index in [4.69, 9.17) is 5.11 Å². The average Bonchev–Trinajstić information content (AvgIpc) is 2.93. The van der Waals surface area contributed by atoms with Crippen molar-refractivity contribution in [2.45, 2.75) is 6.92 Å². The number of hydrogen-bond donors (Lipinski definition) is 2. The quantitative estimate of drug-likeness (QED) is 0.713. The summed E-state index contributed by atoms with van der Waals surface area (Å²) in [6, 6.07) is 9.62. The molecule has 2 aromatic heterocycles. The normalized spacial score (nSPS) is 11.2. The zero-order chi connectivity index (χ0) is 17.3. The van der Waals surface area contributed by atoms with Crippen molar-refractivity contribution in [2.75, 3.05) is 0 Å². The maximum Gasteiger partial charge on any atom is 0.358 e. The lowest BCUT2D eigenvalue weighted by Crippen LogP contribution is -1.97. The van der Waals surface area contributed by atoms with Crippen molar-refractivity contribution in [1.82, 2.24) is 9.38 Å². The lowest BCUT2D eigenvalue weighted by atomic mass is 10.2. The smallest absolute Gasteiger partial charge is 0.358 e. The molecular formula is C16H12N4O4. The predicted octanol–water partition coefficient (Wildman–Crippen LogP) is 3.45. The molecule has 2 heterocycles. The van der Waals surface area contributed by atoms with Gasteiger partial charge in [-0.25, -0.2) is 14.6 Å². The van der Waals surface area contributed by atoms with Gasteiger partial charge in [0, 0.05) is 6.20 Å². The maximum atomic E-state index is 11.4. The van der Waals surface area contributed by atoms with Crippen molar-refractivity contribution in [3.05, 3.63) is 59.4 Å². The number of azo groups is 1. The van der Waals surface area contributed by atoms with Crippen molar-refractivity contribution in [1.29, 1.82) is 0 Å². The molecule has 0 fully saturated rings. The molecule has 3 rings (SSSR count). The highest BCUT2D eigenvalue weighted by atomic mass is 16.4. The number of nitrogens with zero attached hydrogens (tertiary/aromatic N) is 4. The van der Waals surface area contributed by atoms with E-state index in [0.29, 0.717) is 5.65 Å². The molecular weight excluding hydrogens is 312 g/mol. The summed E-state index contributed by atoms with van der Waals surface area (Å²) in [5.41, 5.74) is 1.09. The van der Waals surface area contributed by atoms with E-state index in [1.807, 2.05) is 0 Å². The van der Waals surface area contributed by atoms with Crippen molar-refractivity contribution >= 4 is 29.1 Å². The molecule has 0 amide bonds. The third-order valence-electron chi connectivity index (χ3n) is 3.41. The van der Waals surface area contributed by atoms with Crippen LogP contribution in [0.1, 0.15) is 26.4 Å². The molecule has 0 spiro atoms. The Hall–Kier alpha value is -3.55. The minimum Gasteiger partial charge on any atom is -0.478 e. The van der Waals surface area contributed by atoms with Crippen molar-refractivity contribution in [2.24, 2.45) is 10.2 Å². The van der Waals surface area contributed by atoms with E-state index in [1.54, 1.807) is 37.4 Å². The van der Waals surface area contributed by atoms with Gasteiger partial charge in [0.25, 0.3) is 0 Å². The van der Waals surface area contributed by atoms with E-state index in [0.717, 1.165) is 5.56 Å². The van der Waals surface area contributed by atoms with Crippen LogP contribution in [-0.4, -0.2) is 31.5 Å². The molecule has 0 unspecified atom stereocenters. The number of carbonyl (C=O) groups is 2. The van der Waals surface area contributed by atoms with Crippen LogP contribution in [0.3, 0.4) is 0 Å². The summed E-state index contributed by atoms with van der Waals surface area (Å²) in [6.45, 7) is 1.80. The van der Waals surface area contributed by atoms with Crippen LogP contribution < -0.4 is 0 Å². The van der Waals surface area contributed by atoms with E-state index in [1.165, 1.54) is 16.5 Å². The van der Waals surface area contributed by atoms with E-state index in [2.05, 4.69) is 15.2 Å². The standard InChI is InChI=1S/C16H12N4O4/c1-9-5-4-8-20-13(9)17-12(16(23)24)14(20)19-18-11-7-3-2-6-10(11)15(21)22/h2-8H,1H3,(H,21,22)(H,23,24). The first-order valence-corrected chi connectivity index (χ1v) is 6.94. The van der Waals surface area contributed by atoms with Crippen LogP contribution in [0, 0.1) is 6.92 Å². The number of carboxylic acids is 2. The molecule has 1 aromatic carbocycles. The number of pyridine rings is 1. The number of aromatic carboxylic acids is 2. The third-order valence-corrected chi connectivity index (χ3v) is 3.41. The highest BCUT2D eigenvalue weighted by molar-refractivity contribution is 5.93. The summed E-state index contributed by atoms with van der Waals surface area (Å²) in [5, 5.41) is 26.4. The first-order valence-electron chi connectivity index (χ1n) is 6.94. The summed E-state index contributed by atoms with van der Waals surface area (Å²) < 4.78 is 1.51. The van der Waals surface area contributed by atoms with Crippen LogP contribution >= 0.6 is 0 Å². The van der Waals surface area contributed by atoms with Crippen LogP contribution in [-0.2, 0) is 0 Å². The molecule has 0 saturated heterocycles. The fourth-order valence-corrected chi connectivity index (χ4v) is 2.27. The summed E-state index contributed by atoms with van der Waals surface area (Å²) in [5.74, 6) is -2.35. The van der Waals surface area contributed by atoms with Crippen molar-refractivity contribution < 1.29 is 19.8 Å². The number of hydrogen-bond acceptors (Lipinski definition) is 5. The molecule has 24 heavy (non-hydrogen) atoms. The Balaban J connectivity index is 2.17. The minimum absolute atomic E-state index is 0.0249. The fourth-order valence-electron chi connectivity index (χ4n) is 2.27. The van der Waals surface area contributed by atoms with Gasteiger partial charge in [0.1, 0.15) is 11.3 Å². The monoisotopic (exact) mass is 324 g/mol. The number of fused-ring (bicyclic) bond motifs is 1. The Bertz CT molecular complexity index is 991. The molecule has 8 nitrogen and oxygen atoms in total. The van der Waals surface area contributed by atoms with Crippen LogP contribution in [0.5, 0.6) is 0 Å². The first-order chi connectivity index (χ1) is 11.5. The summed E-state index contributed by atoms with van der Waals surface area (Å²) in [6.07, 6.45) is 1.62. The van der Waals surface area contributed by atoms with Gasteiger partial charge >= 0.3 is 11.9 Å². The molecule has 8 heteroatoms. The van der Waals surface area contributed by atoms with Gasteiger partial charge in [0.15, 0.2) is 11.5 Å². The zero-order valence-corrected chi connectivity index (χ0v) is 12.5. The van der Waals surface area contributed by atoms with E-state index in [9.17, 15) is 14.7 Å². The number of benzene rings is 1. The van der Waals surface area contributed by atoms with Crippen molar-refractivity contribution in [3.63, 3.8) is 0 Å². The van der Waals surface area contributed by atoms with Gasteiger partial charge < -0.3 is 10.2 Å². The Labute approximate surface area is 135 Å². The van der Waals surface area contributed by atoms with E-state index < -0.39 is 11.9 Å². The topological polar surface area (TPSA) is 117 Å². The Morgan fingerprint density at radius 1 is 1.04 bits per heavy atom. The molecule has 2 N–H and O–H groups in total. The third kappa shape index (κ3) is 2.60. The first kappa shape index (κ1) is 15.3. The van der Waals surface area contributed by atoms with Crippen LogP contribution in [0.2, 0.25) is 0 Å². The molecule has 0 aliphatic heterocycles. The van der Waals surface area contributed by atoms with Gasteiger partial charge in [0.05, 0.1) is 5.56 Å². The lowest BCUT2D eigenvalue weighted by Gasteiger charge is -2.00. The van der Waals surface area contributed by atoms with E-state index >= 15 is 0 Å². The largest absolute Gasteiger partial charge is 0.478 e. The summed E-state index contributed by atoms with van der Waals surface area (Å²) >= 11 is 0. The number of aryl methyl sites for hydroxylation is 1. The highest BCUT2D eigenvalue weighted by Gasteiger charge is 2.19. The van der Waals surface area contributed by atoms with Crippen LogP contribution in [0.15, 0.2) is 52.8 Å². The number of imidazole rings is 1. The Morgan fingerprint density at radius 2 is 1.79 bits per heavy atom. The van der Waals surface area contributed by atoms with Gasteiger partial charge in [-0.1, -0.05) is 18.2 Å². The second-order valence-electron chi connectivity index (χ2n) is 5.00. The second-order valence-corrected chi connectivity index (χ2v) is 5.00. The molecule has 3 aromatic rings. The molecule has 0 bridgehead atoms. The van der Waals surface area contributed by atoms with Crippen LogP contribution in [0.25, 0.3) is 5.65 Å². The number of aromatic nitrogens is 2. The summed E-state index contributed by atoms with van der Waals surface area (Å²) in [7, 11) is 0. The fraction of sp³-hybridized carbons (Fsp3) is 0.0625. The minimum atomic E-state index is -1.24. The van der Waals surface area contributed by atoms with Gasteiger partial charge in [-0.3, -0.25) is 4.40 Å². The van der Waals surface area contributed by atoms with Gasteiger partial charge in [-0.2, -0.15) is 0 Å². The van der Waals surface area contributed by atoms with Gasteiger partial charge in [-0.15, -0.1) is 10.2 Å². The molecule has 0 aliphatic rings. The predicted molar refractivity (Wildman–Crippen MR) is 84.5 cm³/mol. The SMILES string of the molecule is Cc1cccn2c(N=Nc3ccccc3C(=O)O)c(C(=O)O)nc12. The molecule has 0 atom stereocenters. The summed E-state index contributed by atoms with van der Waals surface area (Å²) in [4.78, 5) is 26.7. The van der Waals surface area contributed by atoms with Crippen molar-refractivity contribution in [3.8, 4) is 0 Å². The molecule has 0 aliphatic carbocycles. The van der Waals surface area contributed by atoms with Crippen LogP contribution in [0.4, 0.5) is 11.5 Å². The number of rotatable bonds is 4. The Morgan fingerprint density at radius 3 is 2.50 bits per heavy atom. The number of carboxylic acid groups (broad SMARTS) is 2. The average molecular weight is 324 g/mol. The van der Waals surface area contributed by atoms with Gasteiger partial charge in [-0.05, 0) is 30.7 Å². The van der Waals surface area contributed by atoms with Gasteiger partial charge in [0.2, 0.25) is 0 Å². The second kappa shape index (κ2) is 5.92. The van der Waals surface area contributed by atoms with E-state index in [-0.39, 0.29) is 22.8 Å².